The van der Waals surface area contributed by atoms with E-state index in [9.17, 15) is 0 Å². The second kappa shape index (κ2) is 3.53. The highest BCUT2D eigenvalue weighted by atomic mass is 15.3. The molecule has 0 aliphatic heterocycles. The average molecular weight is 204 g/mol. The van der Waals surface area contributed by atoms with Crippen molar-refractivity contribution in [3.63, 3.8) is 0 Å². The molecular weight excluding hydrogens is 188 g/mol. The Morgan fingerprint density at radius 2 is 2.13 bits per heavy atom. The van der Waals surface area contributed by atoms with Gasteiger partial charge >= 0.3 is 0 Å². The van der Waals surface area contributed by atoms with Crippen LogP contribution in [0.2, 0.25) is 0 Å². The van der Waals surface area contributed by atoms with Crippen molar-refractivity contribution in [2.75, 3.05) is 19.0 Å². The Bertz CT molecular complexity index is 485. The van der Waals surface area contributed by atoms with E-state index in [0.29, 0.717) is 0 Å². The van der Waals surface area contributed by atoms with Gasteiger partial charge in [-0.15, -0.1) is 0 Å². The molecule has 0 amide bonds. The van der Waals surface area contributed by atoms with Crippen LogP contribution in [0.3, 0.4) is 0 Å². The molecule has 0 fully saturated rings. The van der Waals surface area contributed by atoms with E-state index in [1.807, 2.05) is 42.7 Å². The van der Waals surface area contributed by atoms with Gasteiger partial charge in [-0.2, -0.15) is 5.10 Å². The minimum absolute atomic E-state index is 0.970. The van der Waals surface area contributed by atoms with E-state index in [1.165, 1.54) is 5.56 Å². The van der Waals surface area contributed by atoms with E-state index in [4.69, 9.17) is 0 Å². The molecule has 0 aromatic carbocycles. The maximum atomic E-state index is 4.59. The third-order valence-electron chi connectivity index (χ3n) is 2.58. The van der Waals surface area contributed by atoms with Gasteiger partial charge in [0, 0.05) is 25.9 Å². The van der Waals surface area contributed by atoms with Crippen LogP contribution in [0.25, 0.3) is 5.65 Å². The lowest BCUT2D eigenvalue weighted by atomic mass is 10.2. The summed E-state index contributed by atoms with van der Waals surface area (Å²) in [5.41, 5.74) is 3.28. The average Bonchev–Trinajstić information content (AvgIpc) is 2.51. The fourth-order valence-electron chi connectivity index (χ4n) is 1.74. The van der Waals surface area contributed by atoms with Gasteiger partial charge in [0.25, 0.3) is 0 Å². The predicted molar refractivity (Wildman–Crippen MR) is 61.4 cm³/mol. The number of aromatic nitrogens is 3. The molecule has 0 aliphatic carbocycles. The normalized spacial score (nSPS) is 10.9. The maximum Gasteiger partial charge on any atom is 0.160 e. The molecule has 2 aromatic rings. The number of fused-ring (bicyclic) bond motifs is 1. The zero-order valence-electron chi connectivity index (χ0n) is 9.65. The summed E-state index contributed by atoms with van der Waals surface area (Å²) < 4.78 is 1.85. The molecule has 2 heterocycles. The van der Waals surface area contributed by atoms with Crippen LogP contribution in [0.1, 0.15) is 18.2 Å². The zero-order valence-corrected chi connectivity index (χ0v) is 9.65. The van der Waals surface area contributed by atoms with Crippen molar-refractivity contribution in [3.05, 3.63) is 23.5 Å². The Hall–Kier alpha value is -1.58. The molecule has 0 aliphatic rings. The third-order valence-corrected chi connectivity index (χ3v) is 2.58. The monoisotopic (exact) mass is 204 g/mol. The minimum atomic E-state index is 0.970. The van der Waals surface area contributed by atoms with Crippen molar-refractivity contribution in [1.82, 2.24) is 14.6 Å². The van der Waals surface area contributed by atoms with Gasteiger partial charge in [0.1, 0.15) is 5.82 Å². The van der Waals surface area contributed by atoms with Gasteiger partial charge in [-0.1, -0.05) is 6.92 Å². The van der Waals surface area contributed by atoms with E-state index in [1.54, 1.807) is 0 Å². The third kappa shape index (κ3) is 1.56. The van der Waals surface area contributed by atoms with Crippen LogP contribution in [0, 0.1) is 6.92 Å². The lowest BCUT2D eigenvalue weighted by Gasteiger charge is -2.10. The van der Waals surface area contributed by atoms with E-state index < -0.39 is 0 Å². The molecule has 4 nitrogen and oxygen atoms in total. The first-order valence-electron chi connectivity index (χ1n) is 5.15. The van der Waals surface area contributed by atoms with Gasteiger partial charge < -0.3 is 4.90 Å². The Labute approximate surface area is 89.5 Å². The fraction of sp³-hybridized carbons (Fsp3) is 0.455. The summed E-state index contributed by atoms with van der Waals surface area (Å²) in [7, 11) is 3.99. The molecule has 0 atom stereocenters. The van der Waals surface area contributed by atoms with Crippen LogP contribution in [0.5, 0.6) is 0 Å². The predicted octanol–water partition coefficient (Wildman–Crippen LogP) is 1.67. The van der Waals surface area contributed by atoms with Crippen molar-refractivity contribution in [3.8, 4) is 0 Å². The van der Waals surface area contributed by atoms with E-state index in [-0.39, 0.29) is 0 Å². The summed E-state index contributed by atoms with van der Waals surface area (Å²) in [6.45, 7) is 4.16. The van der Waals surface area contributed by atoms with E-state index >= 15 is 0 Å². The Kier molecular flexibility index (Phi) is 2.34. The van der Waals surface area contributed by atoms with Gasteiger partial charge in [-0.25, -0.2) is 9.50 Å². The number of nitrogens with zero attached hydrogens (tertiary/aromatic N) is 4. The summed E-state index contributed by atoms with van der Waals surface area (Å²) in [6, 6.07) is 1.97. The molecule has 2 aromatic heterocycles. The second-order valence-corrected chi connectivity index (χ2v) is 3.87. The van der Waals surface area contributed by atoms with E-state index in [0.717, 1.165) is 23.6 Å². The highest BCUT2D eigenvalue weighted by molar-refractivity contribution is 5.54. The van der Waals surface area contributed by atoms with Gasteiger partial charge in [0.15, 0.2) is 5.65 Å². The van der Waals surface area contributed by atoms with Crippen molar-refractivity contribution >= 4 is 11.5 Å². The van der Waals surface area contributed by atoms with Crippen LogP contribution in [0.4, 0.5) is 5.82 Å². The SMILES string of the molecule is CCc1c(C)nn2ccc(N(C)C)nc12. The van der Waals surface area contributed by atoms with Gasteiger partial charge in [0.2, 0.25) is 0 Å². The molecule has 0 saturated carbocycles. The molecule has 0 radical (unpaired) electrons. The lowest BCUT2D eigenvalue weighted by molar-refractivity contribution is 0.909. The van der Waals surface area contributed by atoms with Gasteiger partial charge in [-0.05, 0) is 19.4 Å². The summed E-state index contributed by atoms with van der Waals surface area (Å²) in [6.07, 6.45) is 2.93. The molecule has 2 rings (SSSR count). The van der Waals surface area contributed by atoms with Crippen LogP contribution in [-0.2, 0) is 6.42 Å². The second-order valence-electron chi connectivity index (χ2n) is 3.87. The summed E-state index contributed by atoms with van der Waals surface area (Å²) >= 11 is 0. The molecular formula is C11H16N4. The number of rotatable bonds is 2. The molecule has 15 heavy (non-hydrogen) atoms. The van der Waals surface area contributed by atoms with Crippen molar-refractivity contribution in [2.45, 2.75) is 20.3 Å². The minimum Gasteiger partial charge on any atom is -0.363 e. The Morgan fingerprint density at radius 1 is 1.40 bits per heavy atom. The molecule has 0 bridgehead atoms. The van der Waals surface area contributed by atoms with Gasteiger partial charge in [0.05, 0.1) is 5.69 Å². The van der Waals surface area contributed by atoms with Crippen LogP contribution in [-0.4, -0.2) is 28.7 Å². The molecule has 4 heteroatoms. The number of anilines is 1. The summed E-state index contributed by atoms with van der Waals surface area (Å²) in [5, 5.41) is 4.42. The number of hydrogen-bond acceptors (Lipinski definition) is 3. The first kappa shape index (κ1) is 9.96. The molecule has 0 spiro atoms. The zero-order chi connectivity index (χ0) is 11.0. The Balaban J connectivity index is 2.68. The van der Waals surface area contributed by atoms with Crippen LogP contribution >= 0.6 is 0 Å². The largest absolute Gasteiger partial charge is 0.363 e. The lowest BCUT2D eigenvalue weighted by Crippen LogP contribution is -2.11. The Morgan fingerprint density at radius 3 is 2.73 bits per heavy atom. The van der Waals surface area contributed by atoms with Crippen molar-refractivity contribution in [1.29, 1.82) is 0 Å². The van der Waals surface area contributed by atoms with E-state index in [2.05, 4.69) is 17.0 Å². The smallest absolute Gasteiger partial charge is 0.160 e. The number of aryl methyl sites for hydroxylation is 2. The van der Waals surface area contributed by atoms with Crippen molar-refractivity contribution in [2.24, 2.45) is 0 Å². The van der Waals surface area contributed by atoms with Crippen LogP contribution in [0.15, 0.2) is 12.3 Å². The van der Waals surface area contributed by atoms with Crippen molar-refractivity contribution < 1.29 is 0 Å². The standard InChI is InChI=1S/C11H16N4/c1-5-9-8(2)13-15-7-6-10(14(3)4)12-11(9)15/h6-7H,5H2,1-4H3. The molecule has 0 saturated heterocycles. The van der Waals surface area contributed by atoms with Crippen LogP contribution < -0.4 is 4.90 Å². The summed E-state index contributed by atoms with van der Waals surface area (Å²) in [4.78, 5) is 6.59. The fourth-order valence-corrected chi connectivity index (χ4v) is 1.74. The maximum absolute atomic E-state index is 4.59. The highest BCUT2D eigenvalue weighted by Crippen LogP contribution is 2.16. The molecule has 80 valence electrons. The highest BCUT2D eigenvalue weighted by Gasteiger charge is 2.09. The number of hydrogen-bond donors (Lipinski definition) is 0. The quantitative estimate of drug-likeness (QED) is 0.746. The molecule has 0 unspecified atom stereocenters. The van der Waals surface area contributed by atoms with Gasteiger partial charge in [-0.3, -0.25) is 0 Å². The topological polar surface area (TPSA) is 33.4 Å². The molecule has 0 N–H and O–H groups in total. The first-order chi connectivity index (χ1) is 7.13. The summed E-state index contributed by atoms with van der Waals surface area (Å²) in [5.74, 6) is 0.970. The first-order valence-corrected chi connectivity index (χ1v) is 5.15.